The van der Waals surface area contributed by atoms with Crippen LogP contribution in [0.1, 0.15) is 24.2 Å². The van der Waals surface area contributed by atoms with Gasteiger partial charge in [-0.15, -0.1) is 0 Å². The number of aromatic nitrogens is 2. The molecule has 0 aliphatic heterocycles. The fourth-order valence-electron chi connectivity index (χ4n) is 3.24. The van der Waals surface area contributed by atoms with Crippen molar-refractivity contribution in [2.24, 2.45) is 0 Å². The first-order valence-electron chi connectivity index (χ1n) is 9.40. The van der Waals surface area contributed by atoms with E-state index in [1.807, 2.05) is 43.3 Å². The van der Waals surface area contributed by atoms with E-state index >= 15 is 0 Å². The first-order valence-corrected chi connectivity index (χ1v) is 9.40. The topological polar surface area (TPSA) is 62.6 Å². The van der Waals surface area contributed by atoms with E-state index in [0.717, 1.165) is 35.4 Å². The fourth-order valence-corrected chi connectivity index (χ4v) is 3.24. The Kier molecular flexibility index (Phi) is 6.53. The summed E-state index contributed by atoms with van der Waals surface area (Å²) >= 11 is 0. The monoisotopic (exact) mass is 382 g/mol. The van der Waals surface area contributed by atoms with Crippen molar-refractivity contribution in [1.29, 1.82) is 0 Å². The van der Waals surface area contributed by atoms with Gasteiger partial charge in [0.25, 0.3) is 0 Å². The number of hydrogen-bond acceptors (Lipinski definition) is 5. The molecule has 0 atom stereocenters. The predicted molar refractivity (Wildman–Crippen MR) is 108 cm³/mol. The number of carbonyl (C=O) groups excluding carboxylic acids is 1. The number of aryl methyl sites for hydroxylation is 3. The zero-order chi connectivity index (χ0) is 19.9. The molecule has 0 saturated carbocycles. The molecule has 3 aromatic rings. The molecular weight excluding hydrogens is 356 g/mol. The van der Waals surface area contributed by atoms with Crippen LogP contribution in [0.4, 0.5) is 0 Å². The number of methoxy groups -OCH3 is 2. The van der Waals surface area contributed by atoms with Crippen LogP contribution < -0.4 is 9.47 Å². The Morgan fingerprint density at radius 1 is 1.07 bits per heavy atom. The van der Waals surface area contributed by atoms with Crippen molar-refractivity contribution < 1.29 is 19.0 Å². The maximum atomic E-state index is 12.0. The summed E-state index contributed by atoms with van der Waals surface area (Å²) in [5.74, 6) is 2.12. The van der Waals surface area contributed by atoms with E-state index in [9.17, 15) is 4.79 Å². The summed E-state index contributed by atoms with van der Waals surface area (Å²) in [6.45, 7) is 3.17. The number of hydrogen-bond donors (Lipinski definition) is 0. The number of ether oxygens (including phenoxy) is 3. The Balaban J connectivity index is 1.44. The molecule has 0 saturated heterocycles. The molecule has 3 rings (SSSR count). The molecule has 0 aliphatic carbocycles. The van der Waals surface area contributed by atoms with Gasteiger partial charge in [0.2, 0.25) is 0 Å². The molecule has 6 nitrogen and oxygen atoms in total. The molecule has 0 aliphatic rings. The number of esters is 1. The van der Waals surface area contributed by atoms with Crippen LogP contribution in [0, 0.1) is 6.92 Å². The average Bonchev–Trinajstić information content (AvgIpc) is 3.04. The molecule has 1 aromatic heterocycles. The number of carbonyl (C=O) groups is 1. The van der Waals surface area contributed by atoms with Crippen molar-refractivity contribution in [2.45, 2.75) is 32.7 Å². The smallest absolute Gasteiger partial charge is 0.306 e. The Bertz CT molecular complexity index is 949. The van der Waals surface area contributed by atoms with Crippen molar-refractivity contribution in [3.63, 3.8) is 0 Å². The highest BCUT2D eigenvalue weighted by Crippen LogP contribution is 2.28. The van der Waals surface area contributed by atoms with Gasteiger partial charge in [0.1, 0.15) is 5.82 Å². The van der Waals surface area contributed by atoms with Gasteiger partial charge in [0.15, 0.2) is 11.5 Å². The molecule has 0 unspecified atom stereocenters. The molecule has 0 radical (unpaired) electrons. The summed E-state index contributed by atoms with van der Waals surface area (Å²) in [4.78, 5) is 16.6. The normalized spacial score (nSPS) is 10.8. The van der Waals surface area contributed by atoms with Gasteiger partial charge >= 0.3 is 5.97 Å². The van der Waals surface area contributed by atoms with Crippen molar-refractivity contribution in [3.8, 4) is 11.5 Å². The van der Waals surface area contributed by atoms with E-state index in [-0.39, 0.29) is 5.97 Å². The maximum absolute atomic E-state index is 12.0. The summed E-state index contributed by atoms with van der Waals surface area (Å²) in [7, 11) is 3.20. The first kappa shape index (κ1) is 19.7. The predicted octanol–water partition coefficient (Wildman–Crippen LogP) is 3.93. The van der Waals surface area contributed by atoms with Crippen molar-refractivity contribution in [3.05, 3.63) is 53.9 Å². The van der Waals surface area contributed by atoms with Crippen molar-refractivity contribution in [1.82, 2.24) is 9.55 Å². The molecule has 0 N–H and O–H groups in total. The summed E-state index contributed by atoms with van der Waals surface area (Å²) in [5, 5.41) is 0. The van der Waals surface area contributed by atoms with E-state index in [0.29, 0.717) is 30.9 Å². The van der Waals surface area contributed by atoms with Gasteiger partial charge in [-0.1, -0.05) is 18.2 Å². The quantitative estimate of drug-likeness (QED) is 0.414. The number of para-hydroxylation sites is 2. The van der Waals surface area contributed by atoms with E-state index in [1.54, 1.807) is 14.2 Å². The lowest BCUT2D eigenvalue weighted by Crippen LogP contribution is -2.10. The average molecular weight is 382 g/mol. The maximum Gasteiger partial charge on any atom is 0.306 e. The van der Waals surface area contributed by atoms with E-state index in [2.05, 4.69) is 15.6 Å². The minimum atomic E-state index is -0.193. The summed E-state index contributed by atoms with van der Waals surface area (Å²) in [6, 6.07) is 13.7. The molecule has 2 aromatic carbocycles. The fraction of sp³-hybridized carbons (Fsp3) is 0.364. The van der Waals surface area contributed by atoms with E-state index in [1.165, 1.54) is 0 Å². The highest BCUT2D eigenvalue weighted by atomic mass is 16.5. The van der Waals surface area contributed by atoms with Gasteiger partial charge in [-0.05, 0) is 49.6 Å². The zero-order valence-electron chi connectivity index (χ0n) is 16.6. The summed E-state index contributed by atoms with van der Waals surface area (Å²) in [6.07, 6.45) is 1.69. The third-order valence-corrected chi connectivity index (χ3v) is 4.70. The molecule has 28 heavy (non-hydrogen) atoms. The van der Waals surface area contributed by atoms with Gasteiger partial charge in [-0.3, -0.25) is 4.79 Å². The molecule has 6 heteroatoms. The van der Waals surface area contributed by atoms with E-state index < -0.39 is 0 Å². The molecule has 0 bridgehead atoms. The van der Waals surface area contributed by atoms with E-state index in [4.69, 9.17) is 14.2 Å². The zero-order valence-corrected chi connectivity index (χ0v) is 16.6. The van der Waals surface area contributed by atoms with Crippen LogP contribution in [-0.4, -0.2) is 36.3 Å². The summed E-state index contributed by atoms with van der Waals surface area (Å²) < 4.78 is 18.1. The van der Waals surface area contributed by atoms with Gasteiger partial charge in [0, 0.05) is 13.0 Å². The molecule has 1 heterocycles. The Morgan fingerprint density at radius 3 is 2.64 bits per heavy atom. The molecule has 0 amide bonds. The largest absolute Gasteiger partial charge is 0.493 e. The van der Waals surface area contributed by atoms with Crippen molar-refractivity contribution >= 4 is 17.0 Å². The first-order chi connectivity index (χ1) is 13.6. The van der Waals surface area contributed by atoms with Gasteiger partial charge in [0.05, 0.1) is 31.9 Å². The van der Waals surface area contributed by atoms with Crippen LogP contribution >= 0.6 is 0 Å². The van der Waals surface area contributed by atoms with Gasteiger partial charge < -0.3 is 18.8 Å². The Hall–Kier alpha value is -3.02. The van der Waals surface area contributed by atoms with Crippen LogP contribution in [0.2, 0.25) is 0 Å². The minimum absolute atomic E-state index is 0.193. The molecule has 0 fully saturated rings. The van der Waals surface area contributed by atoms with Gasteiger partial charge in [-0.25, -0.2) is 4.98 Å². The standard InChI is InChI=1S/C22H26N2O4/c1-16-23-18-7-4-5-8-19(18)24(16)13-6-14-28-22(25)12-10-17-9-11-20(26-2)21(15-17)27-3/h4-5,7-9,11,15H,6,10,12-14H2,1-3H3. The second-order valence-corrected chi connectivity index (χ2v) is 6.56. The van der Waals surface area contributed by atoms with Crippen LogP contribution in [-0.2, 0) is 22.5 Å². The second kappa shape index (κ2) is 9.26. The highest BCUT2D eigenvalue weighted by Gasteiger charge is 2.09. The number of nitrogens with zero attached hydrogens (tertiary/aromatic N) is 2. The molecule has 0 spiro atoms. The number of rotatable bonds is 9. The third kappa shape index (κ3) is 4.63. The van der Waals surface area contributed by atoms with Crippen LogP contribution in [0.3, 0.4) is 0 Å². The van der Waals surface area contributed by atoms with Gasteiger partial charge in [-0.2, -0.15) is 0 Å². The Labute approximate surface area is 165 Å². The summed E-state index contributed by atoms with van der Waals surface area (Å²) in [5.41, 5.74) is 3.11. The third-order valence-electron chi connectivity index (χ3n) is 4.70. The van der Waals surface area contributed by atoms with Crippen LogP contribution in [0.15, 0.2) is 42.5 Å². The SMILES string of the molecule is COc1ccc(CCC(=O)OCCCn2c(C)nc3ccccc32)cc1OC. The Morgan fingerprint density at radius 2 is 1.86 bits per heavy atom. The highest BCUT2D eigenvalue weighted by molar-refractivity contribution is 5.75. The molecule has 148 valence electrons. The lowest BCUT2D eigenvalue weighted by atomic mass is 10.1. The number of fused-ring (bicyclic) bond motifs is 1. The number of benzene rings is 2. The van der Waals surface area contributed by atoms with Crippen molar-refractivity contribution in [2.75, 3.05) is 20.8 Å². The minimum Gasteiger partial charge on any atom is -0.493 e. The lowest BCUT2D eigenvalue weighted by Gasteiger charge is -2.10. The lowest BCUT2D eigenvalue weighted by molar-refractivity contribution is -0.143. The van der Waals surface area contributed by atoms with Crippen LogP contribution in [0.5, 0.6) is 11.5 Å². The van der Waals surface area contributed by atoms with Crippen LogP contribution in [0.25, 0.3) is 11.0 Å². The number of imidazole rings is 1. The second-order valence-electron chi connectivity index (χ2n) is 6.56. The molecular formula is C22H26N2O4.